The van der Waals surface area contributed by atoms with Gasteiger partial charge in [-0.1, -0.05) is 37.6 Å². The second-order valence-corrected chi connectivity index (χ2v) is 6.26. The Balaban J connectivity index is 2.18. The smallest absolute Gasteiger partial charge is 0.255 e. The molecular formula is C18H24ClN3O2. The highest BCUT2D eigenvalue weighted by molar-refractivity contribution is 6.30. The van der Waals surface area contributed by atoms with E-state index in [0.717, 1.165) is 24.1 Å². The van der Waals surface area contributed by atoms with Gasteiger partial charge in [-0.25, -0.2) is 0 Å². The Labute approximate surface area is 147 Å². The largest absolute Gasteiger partial charge is 0.394 e. The van der Waals surface area contributed by atoms with Crippen molar-refractivity contribution in [2.24, 2.45) is 0 Å². The summed E-state index contributed by atoms with van der Waals surface area (Å²) in [7, 11) is 0. The monoisotopic (exact) mass is 349 g/mol. The number of aliphatic hydroxyl groups excluding tert-OH is 1. The van der Waals surface area contributed by atoms with Crippen molar-refractivity contribution in [2.45, 2.75) is 45.7 Å². The maximum absolute atomic E-state index is 12.6. The summed E-state index contributed by atoms with van der Waals surface area (Å²) in [6, 6.07) is 6.88. The number of amides is 1. The molecule has 5 nitrogen and oxygen atoms in total. The Bertz CT molecular complexity index is 678. The molecule has 0 radical (unpaired) electrons. The van der Waals surface area contributed by atoms with Crippen LogP contribution in [0.25, 0.3) is 0 Å². The number of carbonyl (C=O) groups is 1. The van der Waals surface area contributed by atoms with Crippen molar-refractivity contribution in [3.05, 3.63) is 52.3 Å². The summed E-state index contributed by atoms with van der Waals surface area (Å²) in [6.07, 6.45) is 3.52. The fourth-order valence-corrected chi connectivity index (χ4v) is 2.94. The van der Waals surface area contributed by atoms with Crippen LogP contribution in [-0.4, -0.2) is 27.4 Å². The summed E-state index contributed by atoms with van der Waals surface area (Å²) in [5.41, 5.74) is 2.18. The Morgan fingerprint density at radius 1 is 1.29 bits per heavy atom. The third kappa shape index (κ3) is 3.97. The van der Waals surface area contributed by atoms with Crippen molar-refractivity contribution < 1.29 is 9.90 Å². The van der Waals surface area contributed by atoms with Crippen molar-refractivity contribution in [2.75, 3.05) is 6.61 Å². The Morgan fingerprint density at radius 3 is 2.46 bits per heavy atom. The summed E-state index contributed by atoms with van der Waals surface area (Å²) in [6.45, 7) is 5.93. The maximum atomic E-state index is 12.6. The van der Waals surface area contributed by atoms with Crippen LogP contribution in [0.5, 0.6) is 0 Å². The van der Waals surface area contributed by atoms with Crippen molar-refractivity contribution in [3.63, 3.8) is 0 Å². The van der Waals surface area contributed by atoms with Crippen LogP contribution in [0.3, 0.4) is 0 Å². The molecule has 130 valence electrons. The molecule has 0 aliphatic carbocycles. The number of rotatable bonds is 7. The van der Waals surface area contributed by atoms with Crippen LogP contribution in [-0.2, 0) is 0 Å². The van der Waals surface area contributed by atoms with Crippen LogP contribution in [0.4, 0.5) is 0 Å². The zero-order valence-corrected chi connectivity index (χ0v) is 15.0. The number of nitrogens with one attached hydrogen (secondary N) is 1. The number of aliphatic hydroxyl groups is 1. The van der Waals surface area contributed by atoms with E-state index in [0.29, 0.717) is 10.6 Å². The Hall–Kier alpha value is -1.85. The maximum Gasteiger partial charge on any atom is 0.255 e. The number of nitrogens with zero attached hydrogens (tertiary/aromatic N) is 2. The molecule has 0 aliphatic heterocycles. The number of benzene rings is 1. The molecule has 0 fully saturated rings. The normalized spacial score (nSPS) is 12.4. The van der Waals surface area contributed by atoms with Gasteiger partial charge >= 0.3 is 0 Å². The lowest BCUT2D eigenvalue weighted by atomic mass is 10.1. The van der Waals surface area contributed by atoms with Gasteiger partial charge in [-0.05, 0) is 37.5 Å². The minimum atomic E-state index is -0.481. The molecule has 0 bridgehead atoms. The number of hydrogen-bond donors (Lipinski definition) is 2. The summed E-state index contributed by atoms with van der Waals surface area (Å²) in [5, 5.41) is 17.5. The van der Waals surface area contributed by atoms with E-state index < -0.39 is 6.04 Å². The van der Waals surface area contributed by atoms with Crippen molar-refractivity contribution in [1.29, 1.82) is 0 Å². The Morgan fingerprint density at radius 2 is 1.92 bits per heavy atom. The van der Waals surface area contributed by atoms with Gasteiger partial charge in [0.1, 0.15) is 0 Å². The SMILES string of the molecule is CCC(CC)n1ncc(C(=O)NC(CO)c2ccc(Cl)cc2)c1C. The zero-order chi connectivity index (χ0) is 17.7. The van der Waals surface area contributed by atoms with Crippen molar-refractivity contribution in [1.82, 2.24) is 15.1 Å². The molecular weight excluding hydrogens is 326 g/mol. The highest BCUT2D eigenvalue weighted by atomic mass is 35.5. The van der Waals surface area contributed by atoms with Crippen LogP contribution in [0, 0.1) is 6.92 Å². The first kappa shape index (κ1) is 18.5. The molecule has 2 aromatic rings. The van der Waals surface area contributed by atoms with Gasteiger partial charge in [-0.3, -0.25) is 9.48 Å². The third-order valence-corrected chi connectivity index (χ3v) is 4.59. The van der Waals surface area contributed by atoms with Gasteiger partial charge in [-0.2, -0.15) is 5.10 Å². The standard InChI is InChI=1S/C18H24ClN3O2/c1-4-15(5-2)22-12(3)16(10-20-22)18(24)21-17(11-23)13-6-8-14(19)9-7-13/h6-10,15,17,23H,4-5,11H2,1-3H3,(H,21,24). The number of hydrogen-bond acceptors (Lipinski definition) is 3. The molecule has 1 unspecified atom stereocenters. The summed E-state index contributed by atoms with van der Waals surface area (Å²) < 4.78 is 1.91. The van der Waals surface area contributed by atoms with Gasteiger partial charge in [0.25, 0.3) is 5.91 Å². The molecule has 0 aliphatic rings. The van der Waals surface area contributed by atoms with E-state index in [1.807, 2.05) is 11.6 Å². The number of carbonyl (C=O) groups excluding carboxylic acids is 1. The van der Waals surface area contributed by atoms with Crippen molar-refractivity contribution in [3.8, 4) is 0 Å². The van der Waals surface area contributed by atoms with E-state index in [4.69, 9.17) is 11.6 Å². The minimum absolute atomic E-state index is 0.187. The fraction of sp³-hybridized carbons (Fsp3) is 0.444. The number of halogens is 1. The zero-order valence-electron chi connectivity index (χ0n) is 14.3. The fourth-order valence-electron chi connectivity index (χ4n) is 2.81. The molecule has 2 rings (SSSR count). The lowest BCUT2D eigenvalue weighted by Gasteiger charge is -2.18. The molecule has 0 spiro atoms. The van der Waals surface area contributed by atoms with Crippen molar-refractivity contribution >= 4 is 17.5 Å². The van der Waals surface area contributed by atoms with Crippen LogP contribution in [0.2, 0.25) is 5.02 Å². The van der Waals surface area contributed by atoms with E-state index in [9.17, 15) is 9.90 Å². The van der Waals surface area contributed by atoms with E-state index in [1.54, 1.807) is 30.5 Å². The molecule has 0 saturated carbocycles. The third-order valence-electron chi connectivity index (χ3n) is 4.34. The van der Waals surface area contributed by atoms with Crippen LogP contribution >= 0.6 is 11.6 Å². The molecule has 0 saturated heterocycles. The molecule has 24 heavy (non-hydrogen) atoms. The van der Waals surface area contributed by atoms with E-state index in [2.05, 4.69) is 24.3 Å². The van der Waals surface area contributed by atoms with Crippen LogP contribution < -0.4 is 5.32 Å². The Kier molecular flexibility index (Phi) is 6.40. The lowest BCUT2D eigenvalue weighted by Crippen LogP contribution is -2.31. The first-order chi connectivity index (χ1) is 11.5. The average Bonchev–Trinajstić information content (AvgIpc) is 2.96. The van der Waals surface area contributed by atoms with E-state index in [-0.39, 0.29) is 18.6 Å². The van der Waals surface area contributed by atoms with Gasteiger partial charge in [0.15, 0.2) is 0 Å². The van der Waals surface area contributed by atoms with Gasteiger partial charge < -0.3 is 10.4 Å². The number of aromatic nitrogens is 2. The highest BCUT2D eigenvalue weighted by Gasteiger charge is 2.21. The van der Waals surface area contributed by atoms with E-state index in [1.165, 1.54) is 0 Å². The van der Waals surface area contributed by atoms with Gasteiger partial charge in [-0.15, -0.1) is 0 Å². The summed E-state index contributed by atoms with van der Waals surface area (Å²) in [5.74, 6) is -0.237. The highest BCUT2D eigenvalue weighted by Crippen LogP contribution is 2.21. The first-order valence-corrected chi connectivity index (χ1v) is 8.60. The summed E-state index contributed by atoms with van der Waals surface area (Å²) in [4.78, 5) is 12.6. The lowest BCUT2D eigenvalue weighted by molar-refractivity contribution is 0.0915. The van der Waals surface area contributed by atoms with Gasteiger partial charge in [0.2, 0.25) is 0 Å². The average molecular weight is 350 g/mol. The summed E-state index contributed by atoms with van der Waals surface area (Å²) >= 11 is 5.88. The van der Waals surface area contributed by atoms with Gasteiger partial charge in [0, 0.05) is 10.7 Å². The topological polar surface area (TPSA) is 67.2 Å². The predicted octanol–water partition coefficient (Wildman–Crippen LogP) is 3.67. The molecule has 6 heteroatoms. The molecule has 1 atom stereocenters. The second-order valence-electron chi connectivity index (χ2n) is 5.82. The molecule has 1 amide bonds. The van der Waals surface area contributed by atoms with Gasteiger partial charge in [0.05, 0.1) is 30.5 Å². The predicted molar refractivity (Wildman–Crippen MR) is 95.3 cm³/mol. The molecule has 1 aromatic carbocycles. The van der Waals surface area contributed by atoms with Crippen LogP contribution in [0.15, 0.2) is 30.5 Å². The molecule has 2 N–H and O–H groups in total. The quantitative estimate of drug-likeness (QED) is 0.801. The molecule has 1 heterocycles. The second kappa shape index (κ2) is 8.31. The first-order valence-electron chi connectivity index (χ1n) is 8.23. The minimum Gasteiger partial charge on any atom is -0.394 e. The molecule has 1 aromatic heterocycles. The van der Waals surface area contributed by atoms with E-state index >= 15 is 0 Å². The van der Waals surface area contributed by atoms with Crippen LogP contribution in [0.1, 0.15) is 60.4 Å².